The van der Waals surface area contributed by atoms with E-state index in [9.17, 15) is 0 Å². The van der Waals surface area contributed by atoms with Gasteiger partial charge in [-0.25, -0.2) is 9.97 Å². The van der Waals surface area contributed by atoms with Gasteiger partial charge in [-0.1, -0.05) is 6.92 Å². The van der Waals surface area contributed by atoms with E-state index in [1.165, 1.54) is 0 Å². The highest BCUT2D eigenvalue weighted by atomic mass is 32.1. The monoisotopic (exact) mass is 249 g/mol. The zero-order valence-corrected chi connectivity index (χ0v) is 10.8. The summed E-state index contributed by atoms with van der Waals surface area (Å²) >= 11 is 1.62. The average Bonchev–Trinajstić information content (AvgIpc) is 2.63. The Morgan fingerprint density at radius 1 is 1.18 bits per heavy atom. The smallest absolute Gasteiger partial charge is 0.223 e. The molecule has 0 unspecified atom stereocenters. The van der Waals surface area contributed by atoms with Crippen molar-refractivity contribution in [1.82, 2.24) is 19.9 Å². The molecule has 0 spiro atoms. The Balaban J connectivity index is 2.20. The minimum Gasteiger partial charge on any atom is -0.368 e. The van der Waals surface area contributed by atoms with Gasteiger partial charge in [0.1, 0.15) is 16.7 Å². The molecule has 0 amide bonds. The number of nitrogens with two attached hydrogens (primary N) is 1. The Bertz CT molecular complexity index is 508. The molecule has 2 N–H and O–H groups in total. The van der Waals surface area contributed by atoms with Crippen molar-refractivity contribution >= 4 is 17.3 Å². The molecule has 0 fully saturated rings. The number of thiazole rings is 1. The molecule has 2 aromatic heterocycles. The van der Waals surface area contributed by atoms with Crippen LogP contribution < -0.4 is 5.73 Å². The van der Waals surface area contributed by atoms with Crippen LogP contribution in [-0.2, 0) is 12.8 Å². The second-order valence-corrected chi connectivity index (χ2v) is 4.78. The molecule has 5 nitrogen and oxygen atoms in total. The molecule has 2 rings (SSSR count). The van der Waals surface area contributed by atoms with E-state index < -0.39 is 0 Å². The zero-order valence-electron chi connectivity index (χ0n) is 9.97. The van der Waals surface area contributed by atoms with E-state index in [1.807, 2.05) is 12.3 Å². The molecule has 0 radical (unpaired) electrons. The normalized spacial score (nSPS) is 10.7. The molecule has 2 aromatic rings. The third-order valence-corrected chi connectivity index (χ3v) is 3.16. The summed E-state index contributed by atoms with van der Waals surface area (Å²) in [6.07, 6.45) is 2.46. The third kappa shape index (κ3) is 3.20. The van der Waals surface area contributed by atoms with E-state index in [2.05, 4.69) is 26.9 Å². The van der Waals surface area contributed by atoms with Crippen LogP contribution in [0.15, 0.2) is 5.38 Å². The summed E-state index contributed by atoms with van der Waals surface area (Å²) in [7, 11) is 0. The molecule has 0 saturated carbocycles. The van der Waals surface area contributed by atoms with Gasteiger partial charge in [0, 0.05) is 17.5 Å². The van der Waals surface area contributed by atoms with Crippen molar-refractivity contribution in [2.24, 2.45) is 0 Å². The molecule has 90 valence electrons. The largest absolute Gasteiger partial charge is 0.368 e. The molecule has 6 heteroatoms. The predicted molar refractivity (Wildman–Crippen MR) is 67.9 cm³/mol. The number of aromatic nitrogens is 4. The van der Waals surface area contributed by atoms with Gasteiger partial charge in [-0.2, -0.15) is 9.97 Å². The average molecular weight is 249 g/mol. The second kappa shape index (κ2) is 5.18. The second-order valence-electron chi connectivity index (χ2n) is 3.84. The summed E-state index contributed by atoms with van der Waals surface area (Å²) in [5.74, 6) is 1.77. The first-order valence-electron chi connectivity index (χ1n) is 5.57. The maximum absolute atomic E-state index is 5.67. The quantitative estimate of drug-likeness (QED) is 0.893. The fourth-order valence-electron chi connectivity index (χ4n) is 1.52. The van der Waals surface area contributed by atoms with E-state index in [4.69, 9.17) is 5.73 Å². The molecule has 17 heavy (non-hydrogen) atoms. The number of nitrogens with zero attached hydrogens (tertiary/aromatic N) is 4. The van der Waals surface area contributed by atoms with Crippen molar-refractivity contribution in [3.8, 4) is 0 Å². The molecule has 0 atom stereocenters. The van der Waals surface area contributed by atoms with Crippen molar-refractivity contribution in [2.45, 2.75) is 33.1 Å². The highest BCUT2D eigenvalue weighted by Gasteiger charge is 2.07. The molecular weight excluding hydrogens is 234 g/mol. The van der Waals surface area contributed by atoms with Crippen LogP contribution in [0.25, 0.3) is 0 Å². The predicted octanol–water partition coefficient (Wildman–Crippen LogP) is 1.76. The standard InChI is InChI=1S/C11H15N5S/c1-3-4-8-14-9(16-11(12)15-8)5-10-13-7(2)6-17-10/h6H,3-5H2,1-2H3,(H2,12,14,15,16). The first-order chi connectivity index (χ1) is 8.17. The van der Waals surface area contributed by atoms with Crippen LogP contribution >= 0.6 is 11.3 Å². The molecule has 0 aliphatic rings. The van der Waals surface area contributed by atoms with Crippen molar-refractivity contribution in [2.75, 3.05) is 5.73 Å². The molecular formula is C11H15N5S. The Morgan fingerprint density at radius 3 is 2.59 bits per heavy atom. The minimum atomic E-state index is 0.298. The lowest BCUT2D eigenvalue weighted by Crippen LogP contribution is -2.07. The zero-order chi connectivity index (χ0) is 12.3. The van der Waals surface area contributed by atoms with E-state index in [1.54, 1.807) is 11.3 Å². The maximum atomic E-state index is 5.67. The van der Waals surface area contributed by atoms with Crippen molar-refractivity contribution < 1.29 is 0 Å². The number of aryl methyl sites for hydroxylation is 2. The fourth-order valence-corrected chi connectivity index (χ4v) is 2.29. The van der Waals surface area contributed by atoms with E-state index in [0.29, 0.717) is 18.2 Å². The van der Waals surface area contributed by atoms with Gasteiger partial charge < -0.3 is 5.73 Å². The third-order valence-electron chi connectivity index (χ3n) is 2.19. The van der Waals surface area contributed by atoms with Crippen LogP contribution in [0.2, 0.25) is 0 Å². The van der Waals surface area contributed by atoms with Gasteiger partial charge in [0.05, 0.1) is 6.42 Å². The Labute approximate surface area is 104 Å². The van der Waals surface area contributed by atoms with Crippen LogP contribution in [0, 0.1) is 6.92 Å². The first-order valence-corrected chi connectivity index (χ1v) is 6.45. The van der Waals surface area contributed by atoms with Gasteiger partial charge in [-0.3, -0.25) is 0 Å². The highest BCUT2D eigenvalue weighted by Crippen LogP contribution is 2.12. The number of hydrogen-bond donors (Lipinski definition) is 1. The number of rotatable bonds is 4. The van der Waals surface area contributed by atoms with Crippen LogP contribution in [0.3, 0.4) is 0 Å². The van der Waals surface area contributed by atoms with Gasteiger partial charge in [0.2, 0.25) is 5.95 Å². The van der Waals surface area contributed by atoms with Gasteiger partial charge >= 0.3 is 0 Å². The van der Waals surface area contributed by atoms with Crippen molar-refractivity contribution in [3.05, 3.63) is 27.7 Å². The molecule has 0 aromatic carbocycles. The highest BCUT2D eigenvalue weighted by molar-refractivity contribution is 7.09. The van der Waals surface area contributed by atoms with Crippen LogP contribution in [0.4, 0.5) is 5.95 Å². The Morgan fingerprint density at radius 2 is 1.94 bits per heavy atom. The fraction of sp³-hybridized carbons (Fsp3) is 0.455. The molecule has 0 aliphatic carbocycles. The topological polar surface area (TPSA) is 77.6 Å². The van der Waals surface area contributed by atoms with Crippen LogP contribution in [-0.4, -0.2) is 19.9 Å². The number of nitrogen functional groups attached to an aromatic ring is 1. The summed E-state index contributed by atoms with van der Waals surface area (Å²) in [6, 6.07) is 0. The molecule has 0 aliphatic heterocycles. The summed E-state index contributed by atoms with van der Waals surface area (Å²) in [5, 5.41) is 3.03. The molecule has 2 heterocycles. The van der Waals surface area contributed by atoms with Crippen molar-refractivity contribution in [3.63, 3.8) is 0 Å². The Hall–Kier alpha value is -1.56. The maximum Gasteiger partial charge on any atom is 0.223 e. The SMILES string of the molecule is CCCc1nc(N)nc(Cc2nc(C)cs2)n1. The molecule has 0 bridgehead atoms. The van der Waals surface area contributed by atoms with Gasteiger partial charge in [0.15, 0.2) is 0 Å². The lowest BCUT2D eigenvalue weighted by Gasteiger charge is -2.02. The Kier molecular flexibility index (Phi) is 3.63. The summed E-state index contributed by atoms with van der Waals surface area (Å²) < 4.78 is 0. The minimum absolute atomic E-state index is 0.298. The summed E-state index contributed by atoms with van der Waals surface area (Å²) in [6.45, 7) is 4.06. The van der Waals surface area contributed by atoms with Crippen molar-refractivity contribution in [1.29, 1.82) is 0 Å². The van der Waals surface area contributed by atoms with Gasteiger partial charge in [-0.15, -0.1) is 11.3 Å². The first kappa shape index (κ1) is 11.9. The lowest BCUT2D eigenvalue weighted by molar-refractivity contribution is 0.791. The summed E-state index contributed by atoms with van der Waals surface area (Å²) in [5.41, 5.74) is 6.70. The van der Waals surface area contributed by atoms with Crippen LogP contribution in [0.5, 0.6) is 0 Å². The van der Waals surface area contributed by atoms with E-state index >= 15 is 0 Å². The van der Waals surface area contributed by atoms with E-state index in [-0.39, 0.29) is 0 Å². The number of anilines is 1. The summed E-state index contributed by atoms with van der Waals surface area (Å²) in [4.78, 5) is 17.0. The van der Waals surface area contributed by atoms with E-state index in [0.717, 1.165) is 29.4 Å². The van der Waals surface area contributed by atoms with Crippen LogP contribution in [0.1, 0.15) is 35.7 Å². The van der Waals surface area contributed by atoms with Gasteiger partial charge in [-0.05, 0) is 13.3 Å². The molecule has 0 saturated heterocycles. The lowest BCUT2D eigenvalue weighted by atomic mass is 10.3. The number of hydrogen-bond acceptors (Lipinski definition) is 6. The van der Waals surface area contributed by atoms with Gasteiger partial charge in [0.25, 0.3) is 0 Å².